The van der Waals surface area contributed by atoms with E-state index in [-0.39, 0.29) is 22.2 Å². The quantitative estimate of drug-likeness (QED) is 0.660. The average molecular weight is 295 g/mol. The lowest BCUT2D eigenvalue weighted by Gasteiger charge is -2.08. The van der Waals surface area contributed by atoms with Crippen molar-refractivity contribution in [2.75, 3.05) is 11.1 Å². The van der Waals surface area contributed by atoms with Gasteiger partial charge in [-0.1, -0.05) is 24.0 Å². The first-order valence-electron chi connectivity index (χ1n) is 4.71. The van der Waals surface area contributed by atoms with Gasteiger partial charge in [-0.3, -0.25) is 4.79 Å². The number of rotatable bonds is 4. The van der Waals surface area contributed by atoms with Crippen molar-refractivity contribution in [1.82, 2.24) is 0 Å². The maximum absolute atomic E-state index is 13.2. The maximum Gasteiger partial charge on any atom is 0.304 e. The van der Waals surface area contributed by atoms with E-state index in [1.165, 1.54) is 0 Å². The molecule has 0 atom stereocenters. The van der Waals surface area contributed by atoms with Crippen LogP contribution in [0.3, 0.4) is 0 Å². The van der Waals surface area contributed by atoms with Gasteiger partial charge in [-0.15, -0.1) is 0 Å². The number of hydrogen-bond donors (Lipinski definition) is 2. The number of halogens is 3. The first kappa shape index (κ1) is 14.8. The summed E-state index contributed by atoms with van der Waals surface area (Å²) in [6.07, 6.45) is -0.104. The summed E-state index contributed by atoms with van der Waals surface area (Å²) in [4.78, 5) is 10.2. The molecule has 0 aliphatic rings. The molecule has 0 aliphatic heterocycles. The normalized spacial score (nSPS) is 10.2. The summed E-state index contributed by atoms with van der Waals surface area (Å²) in [5.74, 6) is -5.02. The molecule has 3 nitrogen and oxygen atoms in total. The van der Waals surface area contributed by atoms with Crippen molar-refractivity contribution in [3.8, 4) is 0 Å². The standard InChI is InChI=1S/C10H8F3NO2S2/c11-5-1-2-6(9(13)8(5)12)14-10(17)18-4-3-7(15)16/h1-2H,3-4H2,(H,14,17)(H,15,16). The molecule has 98 valence electrons. The highest BCUT2D eigenvalue weighted by Gasteiger charge is 2.14. The SMILES string of the molecule is O=C(O)CCSC(=S)Nc1ccc(F)c(F)c1F. The molecule has 0 bridgehead atoms. The molecule has 0 unspecified atom stereocenters. The van der Waals surface area contributed by atoms with Gasteiger partial charge < -0.3 is 10.4 Å². The third-order valence-electron chi connectivity index (χ3n) is 1.82. The van der Waals surface area contributed by atoms with Crippen molar-refractivity contribution in [2.24, 2.45) is 0 Å². The van der Waals surface area contributed by atoms with Gasteiger partial charge in [0.15, 0.2) is 17.5 Å². The molecule has 0 aliphatic carbocycles. The minimum atomic E-state index is -1.58. The van der Waals surface area contributed by atoms with Crippen LogP contribution in [0.2, 0.25) is 0 Å². The highest BCUT2D eigenvalue weighted by Crippen LogP contribution is 2.21. The number of thiocarbonyl (C=S) groups is 1. The van der Waals surface area contributed by atoms with E-state index in [0.717, 1.165) is 23.9 Å². The topological polar surface area (TPSA) is 49.3 Å². The summed E-state index contributed by atoms with van der Waals surface area (Å²) < 4.78 is 38.8. The fourth-order valence-electron chi connectivity index (χ4n) is 1.000. The molecule has 0 saturated carbocycles. The Labute approximate surface area is 110 Å². The second-order valence-corrected chi connectivity index (χ2v) is 4.90. The molecule has 0 radical (unpaired) electrons. The minimum Gasteiger partial charge on any atom is -0.481 e. The van der Waals surface area contributed by atoms with Gasteiger partial charge in [0.2, 0.25) is 0 Å². The molecule has 18 heavy (non-hydrogen) atoms. The van der Waals surface area contributed by atoms with Gasteiger partial charge in [-0.05, 0) is 12.1 Å². The second-order valence-electron chi connectivity index (χ2n) is 3.13. The van der Waals surface area contributed by atoms with Crippen molar-refractivity contribution in [3.05, 3.63) is 29.6 Å². The van der Waals surface area contributed by atoms with E-state index < -0.39 is 23.4 Å². The van der Waals surface area contributed by atoms with E-state index in [1.807, 2.05) is 0 Å². The monoisotopic (exact) mass is 295 g/mol. The second kappa shape index (κ2) is 6.60. The molecule has 0 fully saturated rings. The molecule has 0 saturated heterocycles. The first-order valence-corrected chi connectivity index (χ1v) is 6.10. The van der Waals surface area contributed by atoms with Crippen molar-refractivity contribution >= 4 is 40.0 Å². The molecule has 1 aromatic rings. The van der Waals surface area contributed by atoms with Crippen LogP contribution in [0, 0.1) is 17.5 Å². The van der Waals surface area contributed by atoms with E-state index in [4.69, 9.17) is 17.3 Å². The van der Waals surface area contributed by atoms with Crippen LogP contribution in [0.1, 0.15) is 6.42 Å². The molecule has 0 amide bonds. The molecule has 1 aromatic carbocycles. The van der Waals surface area contributed by atoms with Crippen molar-refractivity contribution in [1.29, 1.82) is 0 Å². The van der Waals surface area contributed by atoms with Gasteiger partial charge in [-0.2, -0.15) is 0 Å². The number of nitrogens with one attached hydrogen (secondary N) is 1. The Morgan fingerprint density at radius 2 is 2.00 bits per heavy atom. The highest BCUT2D eigenvalue weighted by atomic mass is 32.2. The van der Waals surface area contributed by atoms with Gasteiger partial charge in [0.05, 0.1) is 12.1 Å². The van der Waals surface area contributed by atoms with Gasteiger partial charge in [0.1, 0.15) is 4.32 Å². The van der Waals surface area contributed by atoms with Crippen LogP contribution in [0.4, 0.5) is 18.9 Å². The number of hydrogen-bond acceptors (Lipinski definition) is 3. The minimum absolute atomic E-state index is 0.0844. The summed E-state index contributed by atoms with van der Waals surface area (Å²) in [6, 6.07) is 1.78. The average Bonchev–Trinajstić information content (AvgIpc) is 2.29. The van der Waals surface area contributed by atoms with Gasteiger partial charge in [0, 0.05) is 5.75 Å². The predicted octanol–water partition coefficient (Wildman–Crippen LogP) is 3.01. The van der Waals surface area contributed by atoms with E-state index in [9.17, 15) is 18.0 Å². The lowest BCUT2D eigenvalue weighted by Crippen LogP contribution is -2.09. The van der Waals surface area contributed by atoms with E-state index in [1.54, 1.807) is 0 Å². The summed E-state index contributed by atoms with van der Waals surface area (Å²) in [5, 5.41) is 10.8. The Balaban J connectivity index is 2.60. The zero-order valence-corrected chi connectivity index (χ0v) is 10.5. The zero-order chi connectivity index (χ0) is 13.7. The Hall–Kier alpha value is -1.28. The Bertz CT molecular complexity index is 482. The Morgan fingerprint density at radius 1 is 1.33 bits per heavy atom. The fourth-order valence-corrected chi connectivity index (χ4v) is 2.00. The van der Waals surface area contributed by atoms with Gasteiger partial charge in [0.25, 0.3) is 0 Å². The number of aliphatic carboxylic acids is 1. The molecule has 1 rings (SSSR count). The van der Waals surface area contributed by atoms with Crippen LogP contribution in [-0.2, 0) is 4.79 Å². The van der Waals surface area contributed by atoms with Crippen LogP contribution >= 0.6 is 24.0 Å². The van der Waals surface area contributed by atoms with E-state index in [2.05, 4.69) is 5.32 Å². The summed E-state index contributed by atoms with van der Waals surface area (Å²) in [6.45, 7) is 0. The Kier molecular flexibility index (Phi) is 5.42. The van der Waals surface area contributed by atoms with Crippen LogP contribution in [-0.4, -0.2) is 21.1 Å². The smallest absolute Gasteiger partial charge is 0.304 e. The lowest BCUT2D eigenvalue weighted by molar-refractivity contribution is -0.136. The summed E-state index contributed by atoms with van der Waals surface area (Å²) >= 11 is 5.77. The number of carboxylic acid groups (broad SMARTS) is 1. The van der Waals surface area contributed by atoms with Crippen LogP contribution in [0.15, 0.2) is 12.1 Å². The van der Waals surface area contributed by atoms with Crippen molar-refractivity contribution < 1.29 is 23.1 Å². The van der Waals surface area contributed by atoms with Crippen molar-refractivity contribution in [2.45, 2.75) is 6.42 Å². The van der Waals surface area contributed by atoms with Crippen LogP contribution in [0.25, 0.3) is 0 Å². The predicted molar refractivity (Wildman–Crippen MR) is 67.2 cm³/mol. The number of benzene rings is 1. The van der Waals surface area contributed by atoms with Crippen LogP contribution in [0.5, 0.6) is 0 Å². The molecule has 0 aromatic heterocycles. The van der Waals surface area contributed by atoms with E-state index >= 15 is 0 Å². The third kappa shape index (κ3) is 4.19. The highest BCUT2D eigenvalue weighted by molar-refractivity contribution is 8.23. The zero-order valence-electron chi connectivity index (χ0n) is 8.87. The number of anilines is 1. The molecule has 0 heterocycles. The van der Waals surface area contributed by atoms with Crippen LogP contribution < -0.4 is 5.32 Å². The molecule has 2 N–H and O–H groups in total. The molecule has 8 heteroatoms. The third-order valence-corrected chi connectivity index (χ3v) is 3.05. The molecular formula is C10H8F3NO2S2. The van der Waals surface area contributed by atoms with Crippen molar-refractivity contribution in [3.63, 3.8) is 0 Å². The molecular weight excluding hydrogens is 287 g/mol. The molecule has 0 spiro atoms. The number of thioether (sulfide) groups is 1. The largest absolute Gasteiger partial charge is 0.481 e. The van der Waals surface area contributed by atoms with Gasteiger partial charge >= 0.3 is 5.97 Å². The summed E-state index contributed by atoms with van der Waals surface area (Å²) in [5.41, 5.74) is -0.290. The Morgan fingerprint density at radius 3 is 2.61 bits per heavy atom. The number of carbonyl (C=O) groups is 1. The maximum atomic E-state index is 13.2. The fraction of sp³-hybridized carbons (Fsp3) is 0.200. The van der Waals surface area contributed by atoms with E-state index in [0.29, 0.717) is 0 Å². The lowest BCUT2D eigenvalue weighted by atomic mass is 10.3. The number of carboxylic acids is 1. The van der Waals surface area contributed by atoms with Gasteiger partial charge in [-0.25, -0.2) is 13.2 Å². The summed E-state index contributed by atoms with van der Waals surface area (Å²) in [7, 11) is 0. The first-order chi connectivity index (χ1) is 8.41.